The quantitative estimate of drug-likeness (QED) is 0.821. The highest BCUT2D eigenvalue weighted by molar-refractivity contribution is 5.17. The van der Waals surface area contributed by atoms with Gasteiger partial charge in [0, 0.05) is 18.2 Å². The van der Waals surface area contributed by atoms with Crippen molar-refractivity contribution in [3.63, 3.8) is 0 Å². The van der Waals surface area contributed by atoms with Crippen molar-refractivity contribution in [2.24, 2.45) is 0 Å². The molecule has 1 saturated heterocycles. The van der Waals surface area contributed by atoms with Crippen LogP contribution in [0.1, 0.15) is 49.4 Å². The van der Waals surface area contributed by atoms with Gasteiger partial charge in [0.1, 0.15) is 0 Å². The maximum atomic E-state index is 4.39. The summed E-state index contributed by atoms with van der Waals surface area (Å²) in [5, 5.41) is 7.57. The number of hydrogen-bond acceptors (Lipinski definition) is 2. The van der Waals surface area contributed by atoms with Crippen molar-refractivity contribution in [2.75, 3.05) is 13.1 Å². The molecule has 1 saturated carbocycles. The van der Waals surface area contributed by atoms with Crippen molar-refractivity contribution in [3.8, 4) is 0 Å². The lowest BCUT2D eigenvalue weighted by Gasteiger charge is -2.25. The van der Waals surface area contributed by atoms with Crippen LogP contribution in [0.4, 0.5) is 0 Å². The van der Waals surface area contributed by atoms with Gasteiger partial charge in [-0.3, -0.25) is 10.00 Å². The van der Waals surface area contributed by atoms with Crippen molar-refractivity contribution in [1.82, 2.24) is 15.1 Å². The highest BCUT2D eigenvalue weighted by atomic mass is 15.2. The predicted octanol–water partition coefficient (Wildman–Crippen LogP) is 2.27. The molecule has 0 aromatic carbocycles. The van der Waals surface area contributed by atoms with Crippen molar-refractivity contribution < 1.29 is 0 Å². The number of nitrogens with zero attached hydrogens (tertiary/aromatic N) is 2. The van der Waals surface area contributed by atoms with Crippen LogP contribution in [0.2, 0.25) is 0 Å². The van der Waals surface area contributed by atoms with Gasteiger partial charge in [0.05, 0.1) is 5.69 Å². The Bertz CT molecular complexity index is 321. The molecule has 1 aromatic rings. The van der Waals surface area contributed by atoms with Crippen molar-refractivity contribution >= 4 is 0 Å². The molecule has 1 aromatic heterocycles. The summed E-state index contributed by atoms with van der Waals surface area (Å²) in [6, 6.07) is 2.27. The molecule has 82 valence electrons. The van der Waals surface area contributed by atoms with Crippen LogP contribution in [-0.2, 0) is 6.54 Å². The number of rotatable bonds is 3. The average molecular weight is 205 g/mol. The number of hydrogen-bond donors (Lipinski definition) is 1. The summed E-state index contributed by atoms with van der Waals surface area (Å²) in [5.41, 5.74) is 2.60. The van der Waals surface area contributed by atoms with E-state index in [4.69, 9.17) is 0 Å². The second-order valence-electron chi connectivity index (χ2n) is 4.93. The molecule has 0 atom stereocenters. The Balaban J connectivity index is 1.60. The van der Waals surface area contributed by atoms with Crippen LogP contribution in [0.5, 0.6) is 0 Å². The van der Waals surface area contributed by atoms with Gasteiger partial charge in [0.25, 0.3) is 0 Å². The number of aromatic nitrogens is 2. The molecule has 0 spiro atoms. The maximum absolute atomic E-state index is 4.39. The van der Waals surface area contributed by atoms with E-state index >= 15 is 0 Å². The van der Waals surface area contributed by atoms with E-state index in [0.717, 1.165) is 12.5 Å². The Morgan fingerprint density at radius 2 is 2.07 bits per heavy atom. The average Bonchev–Trinajstić information content (AvgIpc) is 3.02. The molecule has 3 heteroatoms. The molecule has 0 unspecified atom stereocenters. The monoisotopic (exact) mass is 205 g/mol. The van der Waals surface area contributed by atoms with Gasteiger partial charge in [-0.2, -0.15) is 5.10 Å². The van der Waals surface area contributed by atoms with Gasteiger partial charge in [-0.1, -0.05) is 6.42 Å². The van der Waals surface area contributed by atoms with Crippen LogP contribution in [0.3, 0.4) is 0 Å². The summed E-state index contributed by atoms with van der Waals surface area (Å²) in [7, 11) is 0. The lowest BCUT2D eigenvalue weighted by molar-refractivity contribution is 0.218. The molecule has 1 aliphatic carbocycles. The number of piperidine rings is 1. The van der Waals surface area contributed by atoms with Gasteiger partial charge >= 0.3 is 0 Å². The van der Waals surface area contributed by atoms with Crippen LogP contribution < -0.4 is 0 Å². The van der Waals surface area contributed by atoms with Crippen LogP contribution in [0, 0.1) is 0 Å². The zero-order valence-electron chi connectivity index (χ0n) is 9.21. The van der Waals surface area contributed by atoms with Gasteiger partial charge in [0.15, 0.2) is 0 Å². The first-order chi connectivity index (χ1) is 7.42. The number of aromatic amines is 1. The predicted molar refractivity (Wildman–Crippen MR) is 59.7 cm³/mol. The molecule has 0 amide bonds. The molecule has 2 aliphatic rings. The second-order valence-corrected chi connectivity index (χ2v) is 4.93. The third-order valence-corrected chi connectivity index (χ3v) is 3.49. The minimum atomic E-state index is 0.774. The standard InChI is InChI=1S/C12H19N3/c1-2-6-15(7-3-1)9-11-8-12(14-13-11)10-4-5-10/h8,10H,1-7,9H2,(H,13,14). The van der Waals surface area contributed by atoms with Crippen molar-refractivity contribution in [2.45, 2.75) is 44.6 Å². The highest BCUT2D eigenvalue weighted by Gasteiger charge is 2.26. The topological polar surface area (TPSA) is 31.9 Å². The number of likely N-dealkylation sites (tertiary alicyclic amines) is 1. The third-order valence-electron chi connectivity index (χ3n) is 3.49. The normalized spacial score (nSPS) is 23.2. The van der Waals surface area contributed by atoms with E-state index in [1.165, 1.54) is 56.6 Å². The lowest BCUT2D eigenvalue weighted by Crippen LogP contribution is -2.29. The Morgan fingerprint density at radius 3 is 2.80 bits per heavy atom. The fourth-order valence-electron chi connectivity index (χ4n) is 2.41. The summed E-state index contributed by atoms with van der Waals surface area (Å²) in [5.74, 6) is 0.774. The summed E-state index contributed by atoms with van der Waals surface area (Å²) in [4.78, 5) is 2.54. The van der Waals surface area contributed by atoms with Crippen LogP contribution >= 0.6 is 0 Å². The van der Waals surface area contributed by atoms with Crippen LogP contribution in [0.15, 0.2) is 6.07 Å². The Labute approximate surface area is 90.9 Å². The van der Waals surface area contributed by atoms with E-state index in [1.54, 1.807) is 0 Å². The minimum Gasteiger partial charge on any atom is -0.298 e. The summed E-state index contributed by atoms with van der Waals surface area (Å²) in [6.45, 7) is 3.59. The van der Waals surface area contributed by atoms with Crippen LogP contribution in [0.25, 0.3) is 0 Å². The molecule has 3 rings (SSSR count). The van der Waals surface area contributed by atoms with E-state index in [1.807, 2.05) is 0 Å². The summed E-state index contributed by atoms with van der Waals surface area (Å²) in [6.07, 6.45) is 6.82. The van der Waals surface area contributed by atoms with Gasteiger partial charge in [0.2, 0.25) is 0 Å². The zero-order valence-corrected chi connectivity index (χ0v) is 9.21. The highest BCUT2D eigenvalue weighted by Crippen LogP contribution is 2.39. The maximum Gasteiger partial charge on any atom is 0.0656 e. The number of nitrogens with one attached hydrogen (secondary N) is 1. The van der Waals surface area contributed by atoms with Crippen molar-refractivity contribution in [1.29, 1.82) is 0 Å². The molecule has 2 fully saturated rings. The van der Waals surface area contributed by atoms with E-state index in [2.05, 4.69) is 21.2 Å². The molecule has 1 aliphatic heterocycles. The molecule has 15 heavy (non-hydrogen) atoms. The minimum absolute atomic E-state index is 0.774. The third kappa shape index (κ3) is 2.23. The van der Waals surface area contributed by atoms with Gasteiger partial charge in [-0.25, -0.2) is 0 Å². The molecule has 3 nitrogen and oxygen atoms in total. The Morgan fingerprint density at radius 1 is 1.27 bits per heavy atom. The smallest absolute Gasteiger partial charge is 0.0656 e. The molecule has 0 bridgehead atoms. The summed E-state index contributed by atoms with van der Waals surface area (Å²) < 4.78 is 0. The zero-order chi connectivity index (χ0) is 10.1. The molecular weight excluding hydrogens is 186 g/mol. The fraction of sp³-hybridized carbons (Fsp3) is 0.750. The van der Waals surface area contributed by atoms with Gasteiger partial charge in [-0.15, -0.1) is 0 Å². The van der Waals surface area contributed by atoms with E-state index in [0.29, 0.717) is 0 Å². The lowest BCUT2D eigenvalue weighted by atomic mass is 10.1. The molecule has 1 N–H and O–H groups in total. The van der Waals surface area contributed by atoms with E-state index in [9.17, 15) is 0 Å². The van der Waals surface area contributed by atoms with Gasteiger partial charge < -0.3 is 0 Å². The van der Waals surface area contributed by atoms with Crippen LogP contribution in [-0.4, -0.2) is 28.2 Å². The molecule has 2 heterocycles. The fourth-order valence-corrected chi connectivity index (χ4v) is 2.41. The first-order valence-corrected chi connectivity index (χ1v) is 6.18. The molecule has 0 radical (unpaired) electrons. The number of H-pyrrole nitrogens is 1. The first-order valence-electron chi connectivity index (χ1n) is 6.18. The Hall–Kier alpha value is -0.830. The van der Waals surface area contributed by atoms with E-state index in [-0.39, 0.29) is 0 Å². The summed E-state index contributed by atoms with van der Waals surface area (Å²) >= 11 is 0. The van der Waals surface area contributed by atoms with Crippen molar-refractivity contribution in [3.05, 3.63) is 17.5 Å². The largest absolute Gasteiger partial charge is 0.298 e. The second kappa shape index (κ2) is 3.97. The Kier molecular flexibility index (Phi) is 2.49. The first kappa shape index (κ1) is 9.40. The van der Waals surface area contributed by atoms with Gasteiger partial charge in [-0.05, 0) is 44.8 Å². The van der Waals surface area contributed by atoms with E-state index < -0.39 is 0 Å². The SMILES string of the molecule is c1c(C2CC2)n[nH]c1CN1CCCCC1. The molecular formula is C12H19N3.